The van der Waals surface area contributed by atoms with Crippen molar-refractivity contribution in [3.8, 4) is 0 Å². The number of nitrogens with zero attached hydrogens (tertiary/aromatic N) is 3. The molecule has 0 amide bonds. The summed E-state index contributed by atoms with van der Waals surface area (Å²) < 4.78 is 5.91. The van der Waals surface area contributed by atoms with Gasteiger partial charge in [0.05, 0.1) is 13.2 Å². The Morgan fingerprint density at radius 1 is 1.00 bits per heavy atom. The molecule has 0 radical (unpaired) electrons. The third-order valence-electron chi connectivity index (χ3n) is 5.67. The highest BCUT2D eigenvalue weighted by Crippen LogP contribution is 2.25. The predicted octanol–water partition coefficient (Wildman–Crippen LogP) is 2.50. The number of hydrogen-bond acceptors (Lipinski definition) is 5. The number of rotatable bonds is 4. The average Bonchev–Trinajstić information content (AvgIpc) is 2.83. The molecule has 0 N–H and O–H groups in total. The third kappa shape index (κ3) is 4.20. The van der Waals surface area contributed by atoms with Crippen molar-refractivity contribution in [3.63, 3.8) is 0 Å². The molecule has 2 bridgehead atoms. The van der Waals surface area contributed by atoms with E-state index in [9.17, 15) is 0 Å². The van der Waals surface area contributed by atoms with Crippen molar-refractivity contribution in [1.82, 2.24) is 14.7 Å². The molecule has 0 aliphatic carbocycles. The van der Waals surface area contributed by atoms with E-state index in [0.29, 0.717) is 12.0 Å². The summed E-state index contributed by atoms with van der Waals surface area (Å²) in [6.45, 7) is 10.2. The molecular weight excluding hydrogens is 318 g/mol. The van der Waals surface area contributed by atoms with Crippen LogP contribution in [0, 0.1) is 5.92 Å². The van der Waals surface area contributed by atoms with E-state index in [4.69, 9.17) is 4.74 Å². The molecule has 0 spiro atoms. The summed E-state index contributed by atoms with van der Waals surface area (Å²) in [6, 6.07) is 5.28. The van der Waals surface area contributed by atoms with Gasteiger partial charge in [0.15, 0.2) is 0 Å². The van der Waals surface area contributed by atoms with Crippen LogP contribution in [0.15, 0.2) is 12.1 Å². The first-order valence-corrected chi connectivity index (χ1v) is 10.4. The Morgan fingerprint density at radius 3 is 2.62 bits per heavy atom. The van der Waals surface area contributed by atoms with Crippen molar-refractivity contribution in [3.05, 3.63) is 21.9 Å². The van der Waals surface area contributed by atoms with Crippen LogP contribution in [0.4, 0.5) is 0 Å². The van der Waals surface area contributed by atoms with Gasteiger partial charge >= 0.3 is 0 Å². The highest BCUT2D eigenvalue weighted by Gasteiger charge is 2.32. The summed E-state index contributed by atoms with van der Waals surface area (Å²) in [6.07, 6.45) is 4.17. The van der Waals surface area contributed by atoms with Gasteiger partial charge in [0.2, 0.25) is 0 Å². The second-order valence-electron chi connectivity index (χ2n) is 7.91. The Labute approximate surface area is 150 Å². The first-order valence-electron chi connectivity index (χ1n) is 9.56. The Kier molecular flexibility index (Phi) is 5.54. The second-order valence-corrected chi connectivity index (χ2v) is 9.17. The third-order valence-corrected chi connectivity index (χ3v) is 6.72. The Bertz CT molecular complexity index is 528. The minimum Gasteiger partial charge on any atom is -0.379 e. The molecule has 3 saturated heterocycles. The van der Waals surface area contributed by atoms with Crippen molar-refractivity contribution in [2.75, 3.05) is 53.0 Å². The Morgan fingerprint density at radius 2 is 1.79 bits per heavy atom. The summed E-state index contributed by atoms with van der Waals surface area (Å²) in [5.41, 5.74) is 0. The highest BCUT2D eigenvalue weighted by molar-refractivity contribution is 7.11. The van der Waals surface area contributed by atoms with Crippen LogP contribution in [0.5, 0.6) is 0 Å². The maximum absolute atomic E-state index is 5.91. The van der Waals surface area contributed by atoms with Crippen LogP contribution in [-0.4, -0.2) is 73.7 Å². The van der Waals surface area contributed by atoms with Crippen LogP contribution < -0.4 is 0 Å². The molecule has 0 unspecified atom stereocenters. The standard InChI is InChI=1S/C19H31N3OS/c1-20-9-16-10-22(17(11-20)15-23-14-16)13-19-6-5-18(24-19)12-21-7-3-2-4-8-21/h5-6,16-17H,2-4,7-15H2,1H3/t16-,17-/m0/s1. The van der Waals surface area contributed by atoms with E-state index >= 15 is 0 Å². The second kappa shape index (κ2) is 7.83. The highest BCUT2D eigenvalue weighted by atomic mass is 32.1. The van der Waals surface area contributed by atoms with Gasteiger partial charge in [-0.15, -0.1) is 11.3 Å². The number of piperidine rings is 1. The van der Waals surface area contributed by atoms with Gasteiger partial charge in [0, 0.05) is 54.4 Å². The van der Waals surface area contributed by atoms with Gasteiger partial charge in [-0.25, -0.2) is 0 Å². The van der Waals surface area contributed by atoms with Gasteiger partial charge < -0.3 is 9.64 Å². The normalized spacial score (nSPS) is 30.4. The summed E-state index contributed by atoms with van der Waals surface area (Å²) in [5.74, 6) is 0.662. The lowest BCUT2D eigenvalue weighted by atomic mass is 10.1. The van der Waals surface area contributed by atoms with E-state index in [1.54, 1.807) is 0 Å². The molecule has 3 aliphatic heterocycles. The van der Waals surface area contributed by atoms with Crippen molar-refractivity contribution in [1.29, 1.82) is 0 Å². The average molecular weight is 350 g/mol. The largest absolute Gasteiger partial charge is 0.379 e. The van der Waals surface area contributed by atoms with Crippen LogP contribution >= 0.6 is 11.3 Å². The van der Waals surface area contributed by atoms with E-state index in [1.807, 2.05) is 11.3 Å². The fourth-order valence-electron chi connectivity index (χ4n) is 4.49. The molecular formula is C19H31N3OS. The van der Waals surface area contributed by atoms with Crippen molar-refractivity contribution in [2.24, 2.45) is 5.92 Å². The van der Waals surface area contributed by atoms with Gasteiger partial charge in [0.25, 0.3) is 0 Å². The molecule has 4 heterocycles. The molecule has 2 atom stereocenters. The van der Waals surface area contributed by atoms with E-state index in [0.717, 1.165) is 32.8 Å². The number of likely N-dealkylation sites (N-methyl/N-ethyl adjacent to an activating group) is 1. The summed E-state index contributed by atoms with van der Waals surface area (Å²) >= 11 is 2.02. The monoisotopic (exact) mass is 349 g/mol. The van der Waals surface area contributed by atoms with Gasteiger partial charge in [-0.2, -0.15) is 0 Å². The van der Waals surface area contributed by atoms with E-state index in [2.05, 4.69) is 33.9 Å². The van der Waals surface area contributed by atoms with Gasteiger partial charge in [0.1, 0.15) is 0 Å². The molecule has 24 heavy (non-hydrogen) atoms. The zero-order chi connectivity index (χ0) is 16.4. The maximum atomic E-state index is 5.91. The molecule has 4 rings (SSSR count). The SMILES string of the molecule is CN1C[C@@H]2COC[C@H](C1)N(Cc1ccc(CN3CCCCC3)s1)C2. The molecule has 0 aromatic carbocycles. The summed E-state index contributed by atoms with van der Waals surface area (Å²) in [7, 11) is 2.26. The zero-order valence-electron chi connectivity index (χ0n) is 15.0. The van der Waals surface area contributed by atoms with E-state index in [1.165, 1.54) is 55.2 Å². The van der Waals surface area contributed by atoms with Crippen molar-refractivity contribution >= 4 is 11.3 Å². The molecule has 0 saturated carbocycles. The van der Waals surface area contributed by atoms with Crippen LogP contribution in [0.3, 0.4) is 0 Å². The lowest BCUT2D eigenvalue weighted by molar-refractivity contribution is 0.0563. The Balaban J connectivity index is 1.38. The van der Waals surface area contributed by atoms with Crippen LogP contribution in [0.2, 0.25) is 0 Å². The van der Waals surface area contributed by atoms with Crippen molar-refractivity contribution in [2.45, 2.75) is 38.4 Å². The van der Waals surface area contributed by atoms with Crippen LogP contribution in [0.1, 0.15) is 29.0 Å². The van der Waals surface area contributed by atoms with Crippen molar-refractivity contribution < 1.29 is 4.74 Å². The zero-order valence-corrected chi connectivity index (χ0v) is 15.8. The molecule has 3 aliphatic rings. The van der Waals surface area contributed by atoms with Gasteiger partial charge in [-0.3, -0.25) is 9.80 Å². The van der Waals surface area contributed by atoms with E-state index < -0.39 is 0 Å². The lowest BCUT2D eigenvalue weighted by Crippen LogP contribution is -2.42. The number of ether oxygens (including phenoxy) is 1. The Hall–Kier alpha value is -0.460. The minimum absolute atomic E-state index is 0.551. The van der Waals surface area contributed by atoms with Crippen LogP contribution in [0.25, 0.3) is 0 Å². The fraction of sp³-hybridized carbons (Fsp3) is 0.789. The first kappa shape index (κ1) is 17.0. The molecule has 1 aromatic heterocycles. The molecule has 5 heteroatoms. The summed E-state index contributed by atoms with van der Waals surface area (Å²) in [4.78, 5) is 10.9. The quantitative estimate of drug-likeness (QED) is 0.831. The minimum atomic E-state index is 0.551. The topological polar surface area (TPSA) is 19.0 Å². The predicted molar refractivity (Wildman–Crippen MR) is 99.5 cm³/mol. The van der Waals surface area contributed by atoms with E-state index in [-0.39, 0.29) is 0 Å². The maximum Gasteiger partial charge on any atom is 0.0634 e. The first-order chi connectivity index (χ1) is 11.8. The smallest absolute Gasteiger partial charge is 0.0634 e. The number of hydrogen-bond donors (Lipinski definition) is 0. The number of likely N-dealkylation sites (tertiary alicyclic amines) is 1. The molecule has 1 aromatic rings. The van der Waals surface area contributed by atoms with Crippen LogP contribution in [-0.2, 0) is 17.8 Å². The number of thiophene rings is 1. The molecule has 134 valence electrons. The summed E-state index contributed by atoms with van der Waals surface area (Å²) in [5, 5.41) is 0. The lowest BCUT2D eigenvalue weighted by Gasteiger charge is -2.29. The van der Waals surface area contributed by atoms with Gasteiger partial charge in [-0.05, 0) is 45.1 Å². The van der Waals surface area contributed by atoms with Gasteiger partial charge in [-0.1, -0.05) is 6.42 Å². The molecule has 3 fully saturated rings. The molecule has 4 nitrogen and oxygen atoms in total. The fourth-order valence-corrected chi connectivity index (χ4v) is 5.57. The number of fused-ring (bicyclic) bond motifs is 3.